The van der Waals surface area contributed by atoms with Crippen LogP contribution in [0, 0.1) is 10.1 Å². The van der Waals surface area contributed by atoms with Crippen molar-refractivity contribution in [3.8, 4) is 0 Å². The first-order valence-corrected chi connectivity index (χ1v) is 2.35. The third-order valence-corrected chi connectivity index (χ3v) is 1.02. The Morgan fingerprint density at radius 3 is 2.88 bits per heavy atom. The molecule has 0 aromatic carbocycles. The summed E-state index contributed by atoms with van der Waals surface area (Å²) < 4.78 is 0. The Labute approximate surface area is 46.3 Å². The number of nitrogens with one attached hydrogen (secondary N) is 1. The molecule has 0 bridgehead atoms. The molecule has 0 fully saturated rings. The molecule has 4 nitrogen and oxygen atoms in total. The summed E-state index contributed by atoms with van der Waals surface area (Å²) in [6.07, 6.45) is 1.58. The van der Waals surface area contributed by atoms with E-state index in [1.807, 2.05) is 0 Å². The van der Waals surface area contributed by atoms with E-state index in [9.17, 15) is 10.1 Å². The summed E-state index contributed by atoms with van der Waals surface area (Å²) in [4.78, 5) is 9.54. The van der Waals surface area contributed by atoms with Crippen LogP contribution < -0.4 is 5.32 Å². The van der Waals surface area contributed by atoms with E-state index in [0.29, 0.717) is 13.1 Å². The van der Waals surface area contributed by atoms with E-state index in [-0.39, 0.29) is 10.6 Å². The van der Waals surface area contributed by atoms with Gasteiger partial charge in [0.2, 0.25) is 0 Å². The molecular formula is C4H6N2O2. The smallest absolute Gasteiger partial charge is 0.257 e. The molecule has 0 saturated heterocycles. The van der Waals surface area contributed by atoms with Gasteiger partial charge in [0.05, 0.1) is 11.5 Å². The first-order chi connectivity index (χ1) is 3.80. The Kier molecular flexibility index (Phi) is 1.26. The van der Waals surface area contributed by atoms with Crippen molar-refractivity contribution in [1.82, 2.24) is 5.32 Å². The van der Waals surface area contributed by atoms with Crippen LogP contribution in [-0.2, 0) is 0 Å². The number of nitrogens with zero attached hydrogens (tertiary/aromatic N) is 1. The molecule has 0 aromatic heterocycles. The highest BCUT2D eigenvalue weighted by molar-refractivity contribution is 5.01. The van der Waals surface area contributed by atoms with Crippen molar-refractivity contribution in [2.75, 3.05) is 13.1 Å². The van der Waals surface area contributed by atoms with E-state index in [1.54, 1.807) is 6.08 Å². The van der Waals surface area contributed by atoms with Gasteiger partial charge in [0.25, 0.3) is 5.70 Å². The fourth-order valence-corrected chi connectivity index (χ4v) is 0.601. The maximum atomic E-state index is 9.90. The number of nitro groups is 1. The fourth-order valence-electron chi connectivity index (χ4n) is 0.601. The lowest BCUT2D eigenvalue weighted by atomic mass is 10.5. The van der Waals surface area contributed by atoms with Crippen LogP contribution in [0.15, 0.2) is 11.8 Å². The van der Waals surface area contributed by atoms with Crippen LogP contribution in [0.25, 0.3) is 0 Å². The second-order valence-electron chi connectivity index (χ2n) is 1.58. The van der Waals surface area contributed by atoms with Crippen molar-refractivity contribution in [3.63, 3.8) is 0 Å². The first kappa shape index (κ1) is 5.24. The first-order valence-electron chi connectivity index (χ1n) is 2.35. The molecule has 0 amide bonds. The quantitative estimate of drug-likeness (QED) is 0.377. The van der Waals surface area contributed by atoms with E-state index in [1.165, 1.54) is 0 Å². The van der Waals surface area contributed by atoms with Crippen LogP contribution >= 0.6 is 0 Å². The molecule has 0 aromatic rings. The zero-order valence-electron chi connectivity index (χ0n) is 4.26. The molecule has 0 spiro atoms. The molecule has 0 aliphatic carbocycles. The standard InChI is InChI=1S/C4H6N2O2/c7-6(8)4-1-2-5-3-4/h1,5H,2-3H2. The third kappa shape index (κ3) is 0.840. The van der Waals surface area contributed by atoms with Crippen molar-refractivity contribution in [1.29, 1.82) is 0 Å². The monoisotopic (exact) mass is 114 g/mol. The average molecular weight is 114 g/mol. The lowest BCUT2D eigenvalue weighted by molar-refractivity contribution is -0.424. The maximum absolute atomic E-state index is 9.90. The summed E-state index contributed by atoms with van der Waals surface area (Å²) in [5.41, 5.74) is 0.282. The van der Waals surface area contributed by atoms with Gasteiger partial charge in [-0.15, -0.1) is 0 Å². The lowest BCUT2D eigenvalue weighted by Gasteiger charge is -1.85. The van der Waals surface area contributed by atoms with E-state index in [0.717, 1.165) is 0 Å². The molecule has 44 valence electrons. The molecule has 0 unspecified atom stereocenters. The molecule has 0 radical (unpaired) electrons. The lowest BCUT2D eigenvalue weighted by Crippen LogP contribution is -2.11. The molecule has 0 atom stereocenters. The minimum absolute atomic E-state index is 0.282. The topological polar surface area (TPSA) is 55.2 Å². The van der Waals surface area contributed by atoms with Crippen LogP contribution in [0.2, 0.25) is 0 Å². The molecule has 1 aliphatic rings. The van der Waals surface area contributed by atoms with E-state index in [2.05, 4.69) is 5.32 Å². The van der Waals surface area contributed by atoms with Crippen molar-refractivity contribution in [2.24, 2.45) is 0 Å². The Balaban J connectivity index is 2.57. The minimum atomic E-state index is -0.361. The summed E-state index contributed by atoms with van der Waals surface area (Å²) in [6.45, 7) is 1.04. The highest BCUT2D eigenvalue weighted by atomic mass is 16.6. The predicted octanol–water partition coefficient (Wildman–Crippen LogP) is -0.250. The number of hydrogen-bond donors (Lipinski definition) is 1. The van der Waals surface area contributed by atoms with Gasteiger partial charge in [-0.1, -0.05) is 0 Å². The maximum Gasteiger partial charge on any atom is 0.257 e. The predicted molar refractivity (Wildman–Crippen MR) is 27.9 cm³/mol. The SMILES string of the molecule is O=[N+]([O-])C1=CCNC1. The molecule has 8 heavy (non-hydrogen) atoms. The highest BCUT2D eigenvalue weighted by Crippen LogP contribution is 1.96. The highest BCUT2D eigenvalue weighted by Gasteiger charge is 2.12. The zero-order chi connectivity index (χ0) is 5.98. The third-order valence-electron chi connectivity index (χ3n) is 1.02. The van der Waals surface area contributed by atoms with Crippen LogP contribution in [0.3, 0.4) is 0 Å². The summed E-state index contributed by atoms with van der Waals surface area (Å²) >= 11 is 0. The van der Waals surface area contributed by atoms with Gasteiger partial charge in [0.15, 0.2) is 0 Å². The largest absolute Gasteiger partial charge is 0.304 e. The molecule has 1 N–H and O–H groups in total. The van der Waals surface area contributed by atoms with E-state index < -0.39 is 0 Å². The van der Waals surface area contributed by atoms with Crippen molar-refractivity contribution in [3.05, 3.63) is 21.9 Å². The molecule has 1 heterocycles. The van der Waals surface area contributed by atoms with Crippen LogP contribution in [0.5, 0.6) is 0 Å². The van der Waals surface area contributed by atoms with Gasteiger partial charge >= 0.3 is 0 Å². The Bertz CT molecular complexity index is 141. The van der Waals surface area contributed by atoms with Gasteiger partial charge in [-0.3, -0.25) is 10.1 Å². The summed E-state index contributed by atoms with van der Waals surface area (Å²) in [6, 6.07) is 0. The summed E-state index contributed by atoms with van der Waals surface area (Å²) in [5, 5.41) is 12.7. The van der Waals surface area contributed by atoms with Crippen LogP contribution in [0.4, 0.5) is 0 Å². The normalized spacial score (nSPS) is 18.2. The zero-order valence-corrected chi connectivity index (χ0v) is 4.26. The molecule has 1 rings (SSSR count). The summed E-state index contributed by atoms with van der Waals surface area (Å²) in [5.74, 6) is 0. The summed E-state index contributed by atoms with van der Waals surface area (Å²) in [7, 11) is 0. The van der Waals surface area contributed by atoms with Crippen molar-refractivity contribution < 1.29 is 4.92 Å². The average Bonchev–Trinajstić information content (AvgIpc) is 2.12. The van der Waals surface area contributed by atoms with E-state index in [4.69, 9.17) is 0 Å². The second-order valence-corrected chi connectivity index (χ2v) is 1.58. The minimum Gasteiger partial charge on any atom is -0.304 e. The van der Waals surface area contributed by atoms with Gasteiger partial charge in [-0.25, -0.2) is 0 Å². The van der Waals surface area contributed by atoms with Gasteiger partial charge < -0.3 is 5.32 Å². The fraction of sp³-hybridized carbons (Fsp3) is 0.500. The van der Waals surface area contributed by atoms with Gasteiger partial charge in [0, 0.05) is 12.6 Å². The van der Waals surface area contributed by atoms with Crippen LogP contribution in [-0.4, -0.2) is 18.0 Å². The Hall–Kier alpha value is -0.900. The van der Waals surface area contributed by atoms with Crippen LogP contribution in [0.1, 0.15) is 0 Å². The van der Waals surface area contributed by atoms with Gasteiger partial charge in [-0.05, 0) is 0 Å². The van der Waals surface area contributed by atoms with Crippen molar-refractivity contribution >= 4 is 0 Å². The second kappa shape index (κ2) is 1.92. The molecule has 1 aliphatic heterocycles. The van der Waals surface area contributed by atoms with E-state index >= 15 is 0 Å². The Morgan fingerprint density at radius 2 is 2.62 bits per heavy atom. The molecule has 4 heteroatoms. The number of rotatable bonds is 1. The molecular weight excluding hydrogens is 108 g/mol. The van der Waals surface area contributed by atoms with Crippen molar-refractivity contribution in [2.45, 2.75) is 0 Å². The molecule has 0 saturated carbocycles. The van der Waals surface area contributed by atoms with Gasteiger partial charge in [0.1, 0.15) is 0 Å². The van der Waals surface area contributed by atoms with Gasteiger partial charge in [-0.2, -0.15) is 0 Å². The Morgan fingerprint density at radius 1 is 1.88 bits per heavy atom. The number of hydrogen-bond acceptors (Lipinski definition) is 3.